The summed E-state index contributed by atoms with van der Waals surface area (Å²) < 4.78 is 26.6. The predicted molar refractivity (Wildman–Crippen MR) is 214 cm³/mol. The number of hydrogen-bond donors (Lipinski definition) is 4. The summed E-state index contributed by atoms with van der Waals surface area (Å²) in [5, 5.41) is 40.7. The number of carboxylic acids is 2. The number of aliphatic carboxylic acids is 2. The molecule has 5 atom stereocenters. The van der Waals surface area contributed by atoms with Crippen molar-refractivity contribution in [1.82, 2.24) is 15.1 Å². The summed E-state index contributed by atoms with van der Waals surface area (Å²) in [5.74, 6) is -4.98. The number of fused-ring (bicyclic) bond motifs is 2. The summed E-state index contributed by atoms with van der Waals surface area (Å²) in [4.78, 5) is 63.7. The SMILES string of the molecule is CC(C)(C)OC(=O)NCCN1CC2CN(C[C@H](O)COc3ccc(C#N)cc3)CC(C1)O2.Cc1ccc(C(=O)OC(C(=O)O)C(OC(=O)c2ccc(C)cc2)C(=O)O)cc1. The molecule has 0 aliphatic carbocycles. The number of nitrogens with one attached hydrogen (secondary N) is 1. The number of aliphatic hydroxyl groups excluding tert-OH is 1. The second kappa shape index (κ2) is 21.8. The minimum absolute atomic E-state index is 0.0332. The molecule has 0 aromatic heterocycles. The number of nitriles is 1. The molecule has 2 bridgehead atoms. The second-order valence-corrected chi connectivity index (χ2v) is 15.4. The first kappa shape index (κ1) is 46.6. The van der Waals surface area contributed by atoms with Crippen molar-refractivity contribution < 1.29 is 63.0 Å². The van der Waals surface area contributed by atoms with Crippen LogP contribution in [-0.4, -0.2) is 144 Å². The fourth-order valence-electron chi connectivity index (χ4n) is 6.22. The third kappa shape index (κ3) is 15.3. The van der Waals surface area contributed by atoms with E-state index in [0.29, 0.717) is 24.4 Å². The standard InChI is InChI=1S/C23H34N4O5.C20H18O8/c1-23(2,3)32-22(29)25-8-9-26-12-20-14-27(15-21(13-26)31-20)11-18(28)16-30-19-6-4-17(10-24)5-7-19;1-11-3-7-13(8-4-11)19(25)27-15(17(21)22)16(18(23)24)28-20(26)14-9-5-12(2)6-10-14/h4-7,18,20-21,28H,8-9,11-16H2,1-3H3,(H,25,29);3-10,15-16H,1-2H3,(H,21,22)(H,23,24)/t18-,20?,21?;/m0./s1. The van der Waals surface area contributed by atoms with Crippen molar-refractivity contribution in [1.29, 1.82) is 5.26 Å². The van der Waals surface area contributed by atoms with Crippen LogP contribution in [0.2, 0.25) is 0 Å². The average Bonchev–Trinajstić information content (AvgIpc) is 3.18. The van der Waals surface area contributed by atoms with E-state index in [1.54, 1.807) is 62.4 Å². The van der Waals surface area contributed by atoms with Gasteiger partial charge in [-0.2, -0.15) is 5.26 Å². The number of morpholine rings is 2. The van der Waals surface area contributed by atoms with Crippen molar-refractivity contribution in [3.63, 3.8) is 0 Å². The summed E-state index contributed by atoms with van der Waals surface area (Å²) in [5.41, 5.74) is 1.87. The fraction of sp³-hybridized carbons (Fsp3) is 0.442. The molecule has 3 aromatic carbocycles. The highest BCUT2D eigenvalue weighted by molar-refractivity contribution is 5.95. The van der Waals surface area contributed by atoms with Gasteiger partial charge in [-0.1, -0.05) is 35.4 Å². The van der Waals surface area contributed by atoms with Gasteiger partial charge >= 0.3 is 30.0 Å². The highest BCUT2D eigenvalue weighted by Crippen LogP contribution is 2.20. The van der Waals surface area contributed by atoms with Crippen molar-refractivity contribution in [3.8, 4) is 11.8 Å². The number of carbonyl (C=O) groups is 5. The molecule has 4 unspecified atom stereocenters. The smallest absolute Gasteiger partial charge is 0.407 e. The number of carbonyl (C=O) groups excluding carboxylic acids is 3. The van der Waals surface area contributed by atoms with Gasteiger partial charge in [-0.3, -0.25) is 9.80 Å². The number of β-amino-alcohol motifs (C(OH)–C–C–N with tert-alkyl or cyclic N) is 1. The molecule has 4 N–H and O–H groups in total. The van der Waals surface area contributed by atoms with Crippen LogP contribution in [0.3, 0.4) is 0 Å². The Bertz CT molecular complexity index is 1870. The van der Waals surface area contributed by atoms with Crippen LogP contribution in [0.15, 0.2) is 72.8 Å². The number of aryl methyl sites for hydroxylation is 2. The largest absolute Gasteiger partial charge is 0.491 e. The summed E-state index contributed by atoms with van der Waals surface area (Å²) >= 11 is 0. The number of hydrogen-bond acceptors (Lipinski definition) is 14. The maximum atomic E-state index is 12.2. The Morgan fingerprint density at radius 1 is 0.783 bits per heavy atom. The Labute approximate surface area is 348 Å². The van der Waals surface area contributed by atoms with Gasteiger partial charge in [-0.15, -0.1) is 0 Å². The Hall–Kier alpha value is -6.06. The summed E-state index contributed by atoms with van der Waals surface area (Å²) in [7, 11) is 0. The van der Waals surface area contributed by atoms with Crippen molar-refractivity contribution in [2.75, 3.05) is 52.4 Å². The third-order valence-corrected chi connectivity index (χ3v) is 9.03. The Morgan fingerprint density at radius 3 is 1.68 bits per heavy atom. The number of nitrogens with zero attached hydrogens (tertiary/aromatic N) is 3. The first-order valence-corrected chi connectivity index (χ1v) is 19.3. The normalized spacial score (nSPS) is 17.9. The van der Waals surface area contributed by atoms with E-state index in [-0.39, 0.29) is 29.9 Å². The molecular formula is C43H52N4O13. The van der Waals surface area contributed by atoms with E-state index >= 15 is 0 Å². The van der Waals surface area contributed by atoms with Crippen LogP contribution in [0.4, 0.5) is 4.79 Å². The lowest BCUT2D eigenvalue weighted by Gasteiger charge is -2.46. The monoisotopic (exact) mass is 832 g/mol. The first-order valence-electron chi connectivity index (χ1n) is 19.3. The van der Waals surface area contributed by atoms with Gasteiger partial charge in [0, 0.05) is 45.8 Å². The maximum absolute atomic E-state index is 12.2. The zero-order valence-corrected chi connectivity index (χ0v) is 34.2. The van der Waals surface area contributed by atoms with E-state index in [1.807, 2.05) is 20.8 Å². The zero-order chi connectivity index (χ0) is 44.0. The molecule has 2 heterocycles. The van der Waals surface area contributed by atoms with Gasteiger partial charge in [-0.05, 0) is 83.1 Å². The molecule has 2 aliphatic heterocycles. The predicted octanol–water partition coefficient (Wildman–Crippen LogP) is 3.43. The molecule has 17 nitrogen and oxygen atoms in total. The van der Waals surface area contributed by atoms with Crippen molar-refractivity contribution in [2.45, 2.75) is 70.7 Å². The molecule has 0 spiro atoms. The van der Waals surface area contributed by atoms with Gasteiger partial charge in [0.1, 0.15) is 24.1 Å². The Balaban J connectivity index is 0.000000267. The van der Waals surface area contributed by atoms with Gasteiger partial charge in [0.25, 0.3) is 0 Å². The third-order valence-electron chi connectivity index (χ3n) is 9.03. The topological polar surface area (TPSA) is 234 Å². The van der Waals surface area contributed by atoms with Crippen LogP contribution < -0.4 is 10.1 Å². The van der Waals surface area contributed by atoms with Gasteiger partial charge in [0.15, 0.2) is 0 Å². The summed E-state index contributed by atoms with van der Waals surface area (Å²) in [6, 6.07) is 21.0. The molecule has 60 heavy (non-hydrogen) atoms. The number of alkyl carbamates (subject to hydrolysis) is 1. The number of aliphatic hydroxyl groups is 1. The van der Waals surface area contributed by atoms with E-state index in [2.05, 4.69) is 21.2 Å². The molecule has 17 heteroatoms. The number of carboxylic acid groups (broad SMARTS) is 2. The van der Waals surface area contributed by atoms with E-state index < -0.39 is 53.9 Å². The minimum Gasteiger partial charge on any atom is -0.491 e. The molecule has 2 aliphatic rings. The van der Waals surface area contributed by atoms with E-state index in [0.717, 1.165) is 43.9 Å². The highest BCUT2D eigenvalue weighted by Gasteiger charge is 2.41. The Kier molecular flexibility index (Phi) is 16.9. The fourth-order valence-corrected chi connectivity index (χ4v) is 6.22. The highest BCUT2D eigenvalue weighted by atomic mass is 16.6. The molecule has 2 fully saturated rings. The lowest BCUT2D eigenvalue weighted by Crippen LogP contribution is -2.61. The molecule has 0 radical (unpaired) electrons. The van der Waals surface area contributed by atoms with Crippen molar-refractivity contribution >= 4 is 30.0 Å². The summed E-state index contributed by atoms with van der Waals surface area (Å²) in [6.45, 7) is 14.2. The van der Waals surface area contributed by atoms with Gasteiger partial charge < -0.3 is 44.3 Å². The molecule has 322 valence electrons. The van der Waals surface area contributed by atoms with E-state index in [1.165, 1.54) is 24.3 Å². The van der Waals surface area contributed by atoms with Crippen LogP contribution >= 0.6 is 0 Å². The van der Waals surface area contributed by atoms with Crippen LogP contribution in [-0.2, 0) is 28.5 Å². The number of ether oxygens (including phenoxy) is 5. The lowest BCUT2D eigenvalue weighted by molar-refractivity contribution is -0.166. The van der Waals surface area contributed by atoms with Crippen LogP contribution in [0, 0.1) is 25.2 Å². The number of esters is 2. The molecule has 1 amide bonds. The molecule has 0 saturated carbocycles. The van der Waals surface area contributed by atoms with E-state index in [9.17, 15) is 39.3 Å². The molecular weight excluding hydrogens is 780 g/mol. The quantitative estimate of drug-likeness (QED) is 0.127. The van der Waals surface area contributed by atoms with Crippen LogP contribution in [0.1, 0.15) is 58.2 Å². The minimum atomic E-state index is -2.22. The van der Waals surface area contributed by atoms with E-state index in [4.69, 9.17) is 28.9 Å². The second-order valence-electron chi connectivity index (χ2n) is 15.4. The van der Waals surface area contributed by atoms with Gasteiger partial charge in [0.05, 0.1) is 35.0 Å². The summed E-state index contributed by atoms with van der Waals surface area (Å²) in [6.07, 6.45) is -5.29. The molecule has 3 aromatic rings. The number of amides is 1. The van der Waals surface area contributed by atoms with Crippen LogP contribution in [0.5, 0.6) is 5.75 Å². The Morgan fingerprint density at radius 2 is 1.25 bits per heavy atom. The lowest BCUT2D eigenvalue weighted by atomic mass is 10.1. The molecule has 2 saturated heterocycles. The average molecular weight is 833 g/mol. The first-order chi connectivity index (χ1) is 28.4. The van der Waals surface area contributed by atoms with Gasteiger partial charge in [0.2, 0.25) is 12.2 Å². The zero-order valence-electron chi connectivity index (χ0n) is 34.2. The van der Waals surface area contributed by atoms with Gasteiger partial charge in [-0.25, -0.2) is 24.0 Å². The maximum Gasteiger partial charge on any atom is 0.407 e. The number of benzene rings is 3. The van der Waals surface area contributed by atoms with Crippen LogP contribution in [0.25, 0.3) is 0 Å². The number of rotatable bonds is 15. The van der Waals surface area contributed by atoms with Crippen molar-refractivity contribution in [2.24, 2.45) is 0 Å². The molecule has 5 rings (SSSR count). The van der Waals surface area contributed by atoms with Crippen molar-refractivity contribution in [3.05, 3.63) is 101 Å².